The van der Waals surface area contributed by atoms with Crippen LogP contribution in [0.15, 0.2) is 0 Å². The molecule has 4 nitrogen and oxygen atoms in total. The molecule has 0 heterocycles. The molecule has 1 aliphatic rings. The summed E-state index contributed by atoms with van der Waals surface area (Å²) in [4.78, 5) is 22.2. The third-order valence-electron chi connectivity index (χ3n) is 3.62. The Morgan fingerprint density at radius 2 is 1.06 bits per heavy atom. The van der Waals surface area contributed by atoms with Crippen molar-refractivity contribution in [3.05, 3.63) is 0 Å². The van der Waals surface area contributed by atoms with Crippen LogP contribution in [-0.2, 0) is 9.59 Å². The van der Waals surface area contributed by atoms with E-state index in [0.717, 1.165) is 38.5 Å². The number of hydrogen-bond donors (Lipinski definition) is 2. The van der Waals surface area contributed by atoms with Crippen LogP contribution in [0.5, 0.6) is 0 Å². The Kier molecular flexibility index (Phi) is 6.01. The summed E-state index contributed by atoms with van der Waals surface area (Å²) in [5.74, 6) is -2.63. The van der Waals surface area contributed by atoms with Gasteiger partial charge >= 0.3 is 11.9 Å². The van der Waals surface area contributed by atoms with Crippen LogP contribution in [0.4, 0.5) is 0 Å². The van der Waals surface area contributed by atoms with E-state index in [2.05, 4.69) is 0 Å². The predicted molar refractivity (Wildman–Crippen MR) is 63.8 cm³/mol. The average molecular weight is 242 g/mol. The normalized spacial score (nSPS) is 28.0. The fourth-order valence-electron chi connectivity index (χ4n) is 2.52. The van der Waals surface area contributed by atoms with Crippen molar-refractivity contribution >= 4 is 11.9 Å². The van der Waals surface area contributed by atoms with Gasteiger partial charge in [0.1, 0.15) is 0 Å². The highest BCUT2D eigenvalue weighted by molar-refractivity contribution is 5.73. The van der Waals surface area contributed by atoms with Crippen molar-refractivity contribution in [2.45, 2.75) is 57.8 Å². The molecular weight excluding hydrogens is 220 g/mol. The molecule has 0 amide bonds. The molecule has 1 fully saturated rings. The average Bonchev–Trinajstić information content (AvgIpc) is 2.31. The maximum Gasteiger partial charge on any atom is 0.306 e. The Hall–Kier alpha value is -1.06. The first-order valence-corrected chi connectivity index (χ1v) is 6.57. The zero-order valence-corrected chi connectivity index (χ0v) is 10.2. The fourth-order valence-corrected chi connectivity index (χ4v) is 2.52. The van der Waals surface area contributed by atoms with Crippen molar-refractivity contribution in [1.82, 2.24) is 0 Å². The van der Waals surface area contributed by atoms with E-state index < -0.39 is 23.8 Å². The molecule has 2 N–H and O–H groups in total. The van der Waals surface area contributed by atoms with Gasteiger partial charge in [-0.05, 0) is 19.3 Å². The van der Waals surface area contributed by atoms with Crippen LogP contribution < -0.4 is 0 Å². The van der Waals surface area contributed by atoms with Gasteiger partial charge in [-0.1, -0.05) is 38.5 Å². The lowest BCUT2D eigenvalue weighted by Crippen LogP contribution is -2.23. The summed E-state index contributed by atoms with van der Waals surface area (Å²) in [6.07, 6.45) is 7.78. The smallest absolute Gasteiger partial charge is 0.306 e. The standard InChI is InChI=1S/C13H22O4/c14-12(15)10-7-5-3-1-2-4-6-8-11(9-10)13(16)17/h10-11H,1-9H2,(H,14,15)(H,16,17). The zero-order valence-electron chi connectivity index (χ0n) is 10.2. The van der Waals surface area contributed by atoms with E-state index >= 15 is 0 Å². The van der Waals surface area contributed by atoms with Gasteiger partial charge in [0, 0.05) is 0 Å². The van der Waals surface area contributed by atoms with E-state index in [1.54, 1.807) is 0 Å². The van der Waals surface area contributed by atoms with E-state index in [9.17, 15) is 9.59 Å². The lowest BCUT2D eigenvalue weighted by Gasteiger charge is -2.17. The molecule has 17 heavy (non-hydrogen) atoms. The molecule has 0 aliphatic heterocycles. The first kappa shape index (κ1) is 14.0. The lowest BCUT2D eigenvalue weighted by atomic mass is 9.88. The van der Waals surface area contributed by atoms with Crippen molar-refractivity contribution in [2.24, 2.45) is 11.8 Å². The maximum absolute atomic E-state index is 11.1. The van der Waals surface area contributed by atoms with E-state index in [-0.39, 0.29) is 0 Å². The van der Waals surface area contributed by atoms with Crippen LogP contribution in [0.3, 0.4) is 0 Å². The Morgan fingerprint density at radius 1 is 0.706 bits per heavy atom. The molecule has 2 unspecified atom stereocenters. The van der Waals surface area contributed by atoms with Crippen LogP contribution >= 0.6 is 0 Å². The van der Waals surface area contributed by atoms with Gasteiger partial charge < -0.3 is 10.2 Å². The van der Waals surface area contributed by atoms with Gasteiger partial charge in [-0.15, -0.1) is 0 Å². The minimum atomic E-state index is -0.838. The molecular formula is C13H22O4. The van der Waals surface area contributed by atoms with Crippen LogP contribution in [0.1, 0.15) is 57.8 Å². The van der Waals surface area contributed by atoms with Crippen molar-refractivity contribution in [1.29, 1.82) is 0 Å². The van der Waals surface area contributed by atoms with Gasteiger partial charge in [0.15, 0.2) is 0 Å². The Bertz CT molecular complexity index is 236. The molecule has 1 saturated carbocycles. The molecule has 0 aromatic carbocycles. The van der Waals surface area contributed by atoms with Crippen molar-refractivity contribution < 1.29 is 19.8 Å². The summed E-state index contributed by atoms with van der Waals surface area (Å²) in [5.41, 5.74) is 0. The number of carboxylic acid groups (broad SMARTS) is 2. The van der Waals surface area contributed by atoms with Gasteiger partial charge in [0.25, 0.3) is 0 Å². The molecule has 0 saturated heterocycles. The largest absolute Gasteiger partial charge is 0.481 e. The molecule has 0 spiro atoms. The van der Waals surface area contributed by atoms with Gasteiger partial charge in [-0.25, -0.2) is 0 Å². The number of rotatable bonds is 2. The van der Waals surface area contributed by atoms with Crippen LogP contribution in [0, 0.1) is 11.8 Å². The molecule has 0 aromatic heterocycles. The highest BCUT2D eigenvalue weighted by atomic mass is 16.4. The SMILES string of the molecule is O=C(O)C1CCCCCCCCC(C(=O)O)C1. The van der Waals surface area contributed by atoms with E-state index in [0.29, 0.717) is 19.3 Å². The number of carboxylic acids is 2. The molecule has 1 aliphatic carbocycles. The molecule has 0 radical (unpaired) electrons. The number of hydrogen-bond acceptors (Lipinski definition) is 2. The summed E-state index contributed by atoms with van der Waals surface area (Å²) in [6.45, 7) is 0. The summed E-state index contributed by atoms with van der Waals surface area (Å²) in [6, 6.07) is 0. The second-order valence-electron chi connectivity index (χ2n) is 5.00. The second-order valence-corrected chi connectivity index (χ2v) is 5.00. The number of carbonyl (C=O) groups is 2. The highest BCUT2D eigenvalue weighted by Gasteiger charge is 2.26. The Labute approximate surface area is 102 Å². The highest BCUT2D eigenvalue weighted by Crippen LogP contribution is 2.25. The van der Waals surface area contributed by atoms with Gasteiger partial charge in [-0.3, -0.25) is 9.59 Å². The Balaban J connectivity index is 2.62. The summed E-state index contributed by atoms with van der Waals surface area (Å²) >= 11 is 0. The van der Waals surface area contributed by atoms with Crippen molar-refractivity contribution in [3.63, 3.8) is 0 Å². The Morgan fingerprint density at radius 3 is 1.41 bits per heavy atom. The van der Waals surface area contributed by atoms with E-state index in [4.69, 9.17) is 10.2 Å². The quantitative estimate of drug-likeness (QED) is 0.780. The molecule has 98 valence electrons. The number of aliphatic carboxylic acids is 2. The van der Waals surface area contributed by atoms with Crippen molar-refractivity contribution in [3.8, 4) is 0 Å². The first-order chi connectivity index (χ1) is 8.11. The van der Waals surface area contributed by atoms with Crippen LogP contribution in [0.2, 0.25) is 0 Å². The second kappa shape index (κ2) is 7.30. The predicted octanol–water partition coefficient (Wildman–Crippen LogP) is 2.91. The fraction of sp³-hybridized carbons (Fsp3) is 0.846. The lowest BCUT2D eigenvalue weighted by molar-refractivity contribution is -0.146. The molecule has 2 atom stereocenters. The summed E-state index contributed by atoms with van der Waals surface area (Å²) < 4.78 is 0. The van der Waals surface area contributed by atoms with Gasteiger partial charge in [-0.2, -0.15) is 0 Å². The van der Waals surface area contributed by atoms with E-state index in [1.165, 1.54) is 0 Å². The van der Waals surface area contributed by atoms with Crippen molar-refractivity contribution in [2.75, 3.05) is 0 Å². The van der Waals surface area contributed by atoms with Gasteiger partial charge in [0.2, 0.25) is 0 Å². The van der Waals surface area contributed by atoms with E-state index in [1.807, 2.05) is 0 Å². The third kappa shape index (κ3) is 5.20. The molecule has 0 aromatic rings. The molecule has 4 heteroatoms. The summed E-state index contributed by atoms with van der Waals surface area (Å²) in [7, 11) is 0. The van der Waals surface area contributed by atoms with Gasteiger partial charge in [0.05, 0.1) is 11.8 Å². The first-order valence-electron chi connectivity index (χ1n) is 6.57. The monoisotopic (exact) mass is 242 g/mol. The third-order valence-corrected chi connectivity index (χ3v) is 3.62. The minimum Gasteiger partial charge on any atom is -0.481 e. The maximum atomic E-state index is 11.1. The topological polar surface area (TPSA) is 74.6 Å². The summed E-state index contributed by atoms with van der Waals surface area (Å²) in [5, 5.41) is 18.2. The minimum absolute atomic E-state index is 0.296. The van der Waals surface area contributed by atoms with Crippen LogP contribution in [-0.4, -0.2) is 22.2 Å². The molecule has 1 rings (SSSR count). The van der Waals surface area contributed by atoms with Crippen LogP contribution in [0.25, 0.3) is 0 Å². The molecule has 0 bridgehead atoms. The zero-order chi connectivity index (χ0) is 12.7.